The molecule has 98 valence electrons. The molecule has 1 aromatic carbocycles. The van der Waals surface area contributed by atoms with Crippen LogP contribution in [0.25, 0.3) is 11.1 Å². The maximum Gasteiger partial charge on any atom is 0.416 e. The van der Waals surface area contributed by atoms with E-state index in [2.05, 4.69) is 4.98 Å². The molecule has 2 aromatic rings. The third kappa shape index (κ3) is 2.93. The summed E-state index contributed by atoms with van der Waals surface area (Å²) in [5, 5.41) is 0.160. The van der Waals surface area contributed by atoms with Crippen LogP contribution in [0.2, 0.25) is 5.02 Å². The molecule has 0 saturated heterocycles. The largest absolute Gasteiger partial charge is 0.416 e. The predicted octanol–water partition coefficient (Wildman–Crippen LogP) is 4.23. The van der Waals surface area contributed by atoms with E-state index in [1.165, 1.54) is 24.4 Å². The molecule has 0 spiro atoms. The molecule has 0 amide bonds. The Morgan fingerprint density at radius 3 is 2.21 bits per heavy atom. The summed E-state index contributed by atoms with van der Waals surface area (Å²) in [6.07, 6.45) is -2.47. The molecule has 0 radical (unpaired) electrons. The third-order valence-electron chi connectivity index (χ3n) is 2.53. The number of carbonyl (C=O) groups is 1. The van der Waals surface area contributed by atoms with E-state index < -0.39 is 11.7 Å². The number of nitrogens with zero attached hydrogens (tertiary/aromatic N) is 1. The molecule has 0 unspecified atom stereocenters. The van der Waals surface area contributed by atoms with Crippen LogP contribution in [-0.2, 0) is 6.18 Å². The second-order valence-electron chi connectivity index (χ2n) is 3.78. The first-order valence-corrected chi connectivity index (χ1v) is 5.58. The number of rotatable bonds is 2. The van der Waals surface area contributed by atoms with Crippen LogP contribution < -0.4 is 0 Å². The summed E-state index contributed by atoms with van der Waals surface area (Å²) in [5.74, 6) is 0. The normalized spacial score (nSPS) is 11.4. The van der Waals surface area contributed by atoms with E-state index in [-0.39, 0.29) is 10.7 Å². The molecule has 0 bridgehead atoms. The summed E-state index contributed by atoms with van der Waals surface area (Å²) in [7, 11) is 0. The second-order valence-corrected chi connectivity index (χ2v) is 4.19. The Bertz CT molecular complexity index is 608. The van der Waals surface area contributed by atoms with Gasteiger partial charge in [0.15, 0.2) is 6.29 Å². The van der Waals surface area contributed by atoms with Crippen molar-refractivity contribution in [2.75, 3.05) is 0 Å². The number of aldehydes is 1. The SMILES string of the molecule is O=Cc1ncc(-c2ccc(C(F)(F)F)cc2)cc1Cl. The van der Waals surface area contributed by atoms with Gasteiger partial charge in [0.25, 0.3) is 0 Å². The van der Waals surface area contributed by atoms with E-state index in [1.807, 2.05) is 0 Å². The van der Waals surface area contributed by atoms with Crippen LogP contribution in [0.5, 0.6) is 0 Å². The Labute approximate surface area is 111 Å². The van der Waals surface area contributed by atoms with Crippen molar-refractivity contribution < 1.29 is 18.0 Å². The molecule has 19 heavy (non-hydrogen) atoms. The third-order valence-corrected chi connectivity index (χ3v) is 2.83. The molecule has 2 rings (SSSR count). The standard InChI is InChI=1S/C13H7ClF3NO/c14-11-5-9(6-18-12(11)7-19)8-1-3-10(4-2-8)13(15,16)17/h1-7H. The van der Waals surface area contributed by atoms with Gasteiger partial charge in [-0.15, -0.1) is 0 Å². The van der Waals surface area contributed by atoms with Gasteiger partial charge in [0.05, 0.1) is 10.6 Å². The first-order valence-electron chi connectivity index (χ1n) is 5.20. The number of alkyl halides is 3. The van der Waals surface area contributed by atoms with Crippen LogP contribution in [-0.4, -0.2) is 11.3 Å². The number of hydrogen-bond acceptors (Lipinski definition) is 2. The van der Waals surface area contributed by atoms with E-state index in [1.54, 1.807) is 0 Å². The maximum atomic E-state index is 12.4. The lowest BCUT2D eigenvalue weighted by molar-refractivity contribution is -0.137. The molecule has 0 N–H and O–H groups in total. The Hall–Kier alpha value is -1.88. The lowest BCUT2D eigenvalue weighted by Crippen LogP contribution is -2.04. The highest BCUT2D eigenvalue weighted by Gasteiger charge is 2.29. The van der Waals surface area contributed by atoms with E-state index in [9.17, 15) is 18.0 Å². The molecule has 1 heterocycles. The van der Waals surface area contributed by atoms with Crippen molar-refractivity contribution in [3.05, 3.63) is 52.8 Å². The quantitative estimate of drug-likeness (QED) is 0.773. The summed E-state index contributed by atoms with van der Waals surface area (Å²) in [6.45, 7) is 0. The zero-order valence-electron chi connectivity index (χ0n) is 9.41. The van der Waals surface area contributed by atoms with Crippen LogP contribution in [0.1, 0.15) is 16.1 Å². The summed E-state index contributed by atoms with van der Waals surface area (Å²) < 4.78 is 37.2. The molecule has 0 fully saturated rings. The van der Waals surface area contributed by atoms with Crippen molar-refractivity contribution in [3.63, 3.8) is 0 Å². The number of benzene rings is 1. The van der Waals surface area contributed by atoms with Crippen LogP contribution in [0.15, 0.2) is 36.5 Å². The van der Waals surface area contributed by atoms with E-state index >= 15 is 0 Å². The van der Waals surface area contributed by atoms with Gasteiger partial charge in [-0.3, -0.25) is 9.78 Å². The molecule has 0 aliphatic carbocycles. The van der Waals surface area contributed by atoms with Gasteiger partial charge in [0.1, 0.15) is 5.69 Å². The first-order chi connectivity index (χ1) is 8.91. The minimum atomic E-state index is -4.37. The molecule has 1 aromatic heterocycles. The lowest BCUT2D eigenvalue weighted by atomic mass is 10.1. The van der Waals surface area contributed by atoms with Gasteiger partial charge >= 0.3 is 6.18 Å². The van der Waals surface area contributed by atoms with Crippen LogP contribution in [0, 0.1) is 0 Å². The fourth-order valence-electron chi connectivity index (χ4n) is 1.54. The highest BCUT2D eigenvalue weighted by molar-refractivity contribution is 6.32. The fraction of sp³-hybridized carbons (Fsp3) is 0.0769. The number of halogens is 4. The van der Waals surface area contributed by atoms with Gasteiger partial charge in [0.2, 0.25) is 0 Å². The molecular weight excluding hydrogens is 279 g/mol. The Balaban J connectivity index is 2.37. The molecule has 6 heteroatoms. The zero-order chi connectivity index (χ0) is 14.0. The van der Waals surface area contributed by atoms with Crippen LogP contribution in [0.4, 0.5) is 13.2 Å². The van der Waals surface area contributed by atoms with Crippen molar-refractivity contribution in [1.29, 1.82) is 0 Å². The topological polar surface area (TPSA) is 30.0 Å². The monoisotopic (exact) mass is 285 g/mol. The molecular formula is C13H7ClF3NO. The van der Waals surface area contributed by atoms with Crippen molar-refractivity contribution in [2.24, 2.45) is 0 Å². The second kappa shape index (κ2) is 5.01. The Morgan fingerprint density at radius 1 is 1.11 bits per heavy atom. The lowest BCUT2D eigenvalue weighted by Gasteiger charge is -2.08. The smallest absolute Gasteiger partial charge is 0.296 e. The highest BCUT2D eigenvalue weighted by atomic mass is 35.5. The minimum absolute atomic E-state index is 0.0947. The van der Waals surface area contributed by atoms with Gasteiger partial charge in [-0.1, -0.05) is 23.7 Å². The van der Waals surface area contributed by atoms with E-state index in [0.29, 0.717) is 17.4 Å². The average molecular weight is 286 g/mol. The van der Waals surface area contributed by atoms with Crippen molar-refractivity contribution in [2.45, 2.75) is 6.18 Å². The molecule has 0 aliphatic heterocycles. The molecule has 0 aliphatic rings. The first kappa shape index (κ1) is 13.5. The van der Waals surface area contributed by atoms with Gasteiger partial charge in [-0.2, -0.15) is 13.2 Å². The maximum absolute atomic E-state index is 12.4. The number of carbonyl (C=O) groups excluding carboxylic acids is 1. The molecule has 2 nitrogen and oxygen atoms in total. The Kier molecular flexibility index (Phi) is 3.57. The Morgan fingerprint density at radius 2 is 1.74 bits per heavy atom. The minimum Gasteiger partial charge on any atom is -0.296 e. The number of pyridine rings is 1. The number of hydrogen-bond donors (Lipinski definition) is 0. The van der Waals surface area contributed by atoms with E-state index in [0.717, 1.165) is 12.1 Å². The van der Waals surface area contributed by atoms with Crippen molar-refractivity contribution >= 4 is 17.9 Å². The highest BCUT2D eigenvalue weighted by Crippen LogP contribution is 2.31. The number of aromatic nitrogens is 1. The average Bonchev–Trinajstić information content (AvgIpc) is 2.38. The van der Waals surface area contributed by atoms with Crippen molar-refractivity contribution in [1.82, 2.24) is 4.98 Å². The molecule has 0 saturated carbocycles. The summed E-state index contributed by atoms with van der Waals surface area (Å²) in [4.78, 5) is 14.4. The van der Waals surface area contributed by atoms with Crippen molar-refractivity contribution in [3.8, 4) is 11.1 Å². The zero-order valence-corrected chi connectivity index (χ0v) is 10.2. The van der Waals surface area contributed by atoms with Crippen LogP contribution in [0.3, 0.4) is 0 Å². The van der Waals surface area contributed by atoms with Gasteiger partial charge in [-0.25, -0.2) is 0 Å². The van der Waals surface area contributed by atoms with Crippen LogP contribution >= 0.6 is 11.6 Å². The molecule has 0 atom stereocenters. The summed E-state index contributed by atoms with van der Waals surface area (Å²) in [6, 6.07) is 6.11. The van der Waals surface area contributed by atoms with E-state index in [4.69, 9.17) is 11.6 Å². The van der Waals surface area contributed by atoms with Gasteiger partial charge in [-0.05, 0) is 23.8 Å². The van der Waals surface area contributed by atoms with Gasteiger partial charge in [0, 0.05) is 11.8 Å². The predicted molar refractivity (Wildman–Crippen MR) is 65.1 cm³/mol. The fourth-order valence-corrected chi connectivity index (χ4v) is 1.76. The summed E-state index contributed by atoms with van der Waals surface area (Å²) >= 11 is 5.81. The van der Waals surface area contributed by atoms with Gasteiger partial charge < -0.3 is 0 Å². The summed E-state index contributed by atoms with van der Waals surface area (Å²) in [5.41, 5.74) is 0.460.